The predicted octanol–water partition coefficient (Wildman–Crippen LogP) is 5.48. The van der Waals surface area contributed by atoms with Crippen molar-refractivity contribution in [3.05, 3.63) is 83.9 Å². The highest BCUT2D eigenvalue weighted by molar-refractivity contribution is 5.74. The Morgan fingerprint density at radius 1 is 0.719 bits per heavy atom. The molecule has 0 aliphatic carbocycles. The average Bonchev–Trinajstić information content (AvgIpc) is 2.80. The molecule has 5 N–H and O–H groups in total. The summed E-state index contributed by atoms with van der Waals surface area (Å²) in [5, 5.41) is 3.38. The first-order valence-corrected chi connectivity index (χ1v) is 11.1. The van der Waals surface area contributed by atoms with Crippen molar-refractivity contribution in [1.29, 1.82) is 0 Å². The molecule has 0 aromatic heterocycles. The molecule has 0 fully saturated rings. The van der Waals surface area contributed by atoms with E-state index in [9.17, 15) is 8.78 Å². The van der Waals surface area contributed by atoms with Crippen LogP contribution < -0.4 is 16.8 Å². The minimum atomic E-state index is -0.259. The summed E-state index contributed by atoms with van der Waals surface area (Å²) in [5.41, 5.74) is 15.5. The van der Waals surface area contributed by atoms with Gasteiger partial charge in [0.1, 0.15) is 11.6 Å². The van der Waals surface area contributed by atoms with Gasteiger partial charge in [0.2, 0.25) is 0 Å². The SMILES string of the molecule is CC(C)(CNCCN)c1cc(-c2ccc(F)cc2)cc(-c2ccc(F)cc2)c1.CCCN. The maximum Gasteiger partial charge on any atom is 0.123 e. The maximum absolute atomic E-state index is 13.4. The van der Waals surface area contributed by atoms with E-state index in [1.807, 2.05) is 0 Å². The molecule has 32 heavy (non-hydrogen) atoms. The van der Waals surface area contributed by atoms with E-state index < -0.39 is 0 Å². The van der Waals surface area contributed by atoms with E-state index in [0.717, 1.165) is 53.9 Å². The van der Waals surface area contributed by atoms with Crippen LogP contribution in [0.5, 0.6) is 0 Å². The summed E-state index contributed by atoms with van der Waals surface area (Å²) in [6, 6.07) is 19.3. The summed E-state index contributed by atoms with van der Waals surface area (Å²) in [6.45, 7) is 9.35. The fourth-order valence-electron chi connectivity index (χ4n) is 3.24. The third-order valence-electron chi connectivity index (χ3n) is 5.25. The van der Waals surface area contributed by atoms with Gasteiger partial charge in [0, 0.05) is 25.0 Å². The summed E-state index contributed by atoms with van der Waals surface area (Å²) >= 11 is 0. The highest BCUT2D eigenvalue weighted by Gasteiger charge is 2.22. The second kappa shape index (κ2) is 12.4. The molecule has 0 saturated carbocycles. The van der Waals surface area contributed by atoms with Crippen molar-refractivity contribution >= 4 is 0 Å². The molecule has 0 atom stereocenters. The lowest BCUT2D eigenvalue weighted by Crippen LogP contribution is -2.35. The van der Waals surface area contributed by atoms with Gasteiger partial charge in [-0.1, -0.05) is 57.2 Å². The van der Waals surface area contributed by atoms with Gasteiger partial charge in [0.05, 0.1) is 0 Å². The molecule has 0 spiro atoms. The van der Waals surface area contributed by atoms with Gasteiger partial charge in [0.15, 0.2) is 0 Å². The second-order valence-electron chi connectivity index (χ2n) is 8.45. The molecule has 0 aliphatic heterocycles. The topological polar surface area (TPSA) is 64.1 Å². The van der Waals surface area contributed by atoms with Crippen LogP contribution in [0.25, 0.3) is 22.3 Å². The lowest BCUT2D eigenvalue weighted by molar-refractivity contribution is 0.473. The van der Waals surface area contributed by atoms with Crippen LogP contribution in [0.2, 0.25) is 0 Å². The molecule has 3 aromatic carbocycles. The van der Waals surface area contributed by atoms with Gasteiger partial charge in [-0.2, -0.15) is 0 Å². The van der Waals surface area contributed by atoms with Gasteiger partial charge in [-0.25, -0.2) is 8.78 Å². The van der Waals surface area contributed by atoms with Crippen molar-refractivity contribution in [2.75, 3.05) is 26.2 Å². The minimum Gasteiger partial charge on any atom is -0.330 e. The Kier molecular flexibility index (Phi) is 9.97. The fourth-order valence-corrected chi connectivity index (χ4v) is 3.24. The monoisotopic (exact) mass is 439 g/mol. The fraction of sp³-hybridized carbons (Fsp3) is 0.333. The first-order valence-electron chi connectivity index (χ1n) is 11.1. The number of nitrogens with one attached hydrogen (secondary N) is 1. The first-order chi connectivity index (χ1) is 15.3. The highest BCUT2D eigenvalue weighted by Crippen LogP contribution is 2.33. The van der Waals surface area contributed by atoms with Crippen LogP contribution in [0.1, 0.15) is 32.8 Å². The molecule has 3 aromatic rings. The quantitative estimate of drug-likeness (QED) is 0.407. The number of rotatable bonds is 8. The molecule has 3 rings (SSSR count). The van der Waals surface area contributed by atoms with Crippen LogP contribution in [0, 0.1) is 11.6 Å². The zero-order chi connectivity index (χ0) is 23.6. The Morgan fingerprint density at radius 2 is 1.16 bits per heavy atom. The van der Waals surface area contributed by atoms with Crippen molar-refractivity contribution in [3.8, 4) is 22.3 Å². The summed E-state index contributed by atoms with van der Waals surface area (Å²) in [6.07, 6.45) is 1.10. The third kappa shape index (κ3) is 7.52. The lowest BCUT2D eigenvalue weighted by Gasteiger charge is -2.27. The van der Waals surface area contributed by atoms with Crippen molar-refractivity contribution in [2.45, 2.75) is 32.6 Å². The molecule has 0 aliphatic rings. The standard InChI is InChI=1S/C24H26F2N2.C3H9N/c1-24(2,16-28-12-11-27)21-14-19(17-3-7-22(25)8-4-17)13-20(15-21)18-5-9-23(26)10-6-18;1-2-3-4/h3-10,13-15,28H,11-12,16,27H2,1-2H3;2-4H2,1H3. The van der Waals surface area contributed by atoms with Crippen LogP contribution in [0.3, 0.4) is 0 Å². The molecule has 0 heterocycles. The zero-order valence-electron chi connectivity index (χ0n) is 19.3. The number of halogens is 2. The van der Waals surface area contributed by atoms with Crippen LogP contribution in [0.4, 0.5) is 8.78 Å². The van der Waals surface area contributed by atoms with Crippen LogP contribution in [-0.2, 0) is 5.41 Å². The van der Waals surface area contributed by atoms with E-state index in [-0.39, 0.29) is 17.0 Å². The number of hydrogen-bond acceptors (Lipinski definition) is 3. The van der Waals surface area contributed by atoms with Gasteiger partial charge >= 0.3 is 0 Å². The second-order valence-corrected chi connectivity index (χ2v) is 8.45. The zero-order valence-corrected chi connectivity index (χ0v) is 19.3. The molecule has 5 heteroatoms. The molecule has 0 saturated heterocycles. The molecule has 3 nitrogen and oxygen atoms in total. The largest absolute Gasteiger partial charge is 0.330 e. The lowest BCUT2D eigenvalue weighted by atomic mass is 9.81. The van der Waals surface area contributed by atoms with E-state index >= 15 is 0 Å². The number of nitrogens with two attached hydrogens (primary N) is 2. The van der Waals surface area contributed by atoms with Gasteiger partial charge in [-0.3, -0.25) is 0 Å². The van der Waals surface area contributed by atoms with Crippen molar-refractivity contribution in [1.82, 2.24) is 5.32 Å². The van der Waals surface area contributed by atoms with Gasteiger partial charge in [-0.15, -0.1) is 0 Å². The Bertz CT molecular complexity index is 886. The molecule has 0 radical (unpaired) electrons. The van der Waals surface area contributed by atoms with E-state index in [0.29, 0.717) is 6.54 Å². The molecule has 0 unspecified atom stereocenters. The summed E-state index contributed by atoms with van der Waals surface area (Å²) in [7, 11) is 0. The summed E-state index contributed by atoms with van der Waals surface area (Å²) in [4.78, 5) is 0. The predicted molar refractivity (Wildman–Crippen MR) is 132 cm³/mol. The minimum absolute atomic E-state index is 0.139. The summed E-state index contributed by atoms with van der Waals surface area (Å²) < 4.78 is 26.7. The smallest absolute Gasteiger partial charge is 0.123 e. The Hall–Kier alpha value is -2.60. The first kappa shape index (κ1) is 25.7. The van der Waals surface area contributed by atoms with E-state index in [4.69, 9.17) is 11.5 Å². The molecular weight excluding hydrogens is 404 g/mol. The van der Waals surface area contributed by atoms with Crippen LogP contribution >= 0.6 is 0 Å². The molecule has 0 bridgehead atoms. The van der Waals surface area contributed by atoms with Crippen molar-refractivity contribution in [3.63, 3.8) is 0 Å². The normalized spacial score (nSPS) is 11.1. The highest BCUT2D eigenvalue weighted by atomic mass is 19.1. The number of benzene rings is 3. The van der Waals surface area contributed by atoms with Crippen molar-refractivity contribution in [2.24, 2.45) is 11.5 Å². The molecule has 0 amide bonds. The van der Waals surface area contributed by atoms with Crippen LogP contribution in [-0.4, -0.2) is 26.2 Å². The van der Waals surface area contributed by atoms with Gasteiger partial charge in [0.25, 0.3) is 0 Å². The van der Waals surface area contributed by atoms with Gasteiger partial charge < -0.3 is 16.8 Å². The van der Waals surface area contributed by atoms with Crippen LogP contribution in [0.15, 0.2) is 66.7 Å². The maximum atomic E-state index is 13.4. The number of hydrogen-bond donors (Lipinski definition) is 3. The molecular formula is C27H35F2N3. The van der Waals surface area contributed by atoms with E-state index in [1.165, 1.54) is 24.3 Å². The van der Waals surface area contributed by atoms with E-state index in [1.54, 1.807) is 24.3 Å². The molecule has 172 valence electrons. The Balaban J connectivity index is 0.000000837. The van der Waals surface area contributed by atoms with E-state index in [2.05, 4.69) is 44.3 Å². The van der Waals surface area contributed by atoms with Crippen molar-refractivity contribution < 1.29 is 8.78 Å². The average molecular weight is 440 g/mol. The third-order valence-corrected chi connectivity index (χ3v) is 5.25. The summed E-state index contributed by atoms with van der Waals surface area (Å²) in [5.74, 6) is -0.519. The van der Waals surface area contributed by atoms with Gasteiger partial charge in [-0.05, 0) is 71.1 Å². The Labute approximate surface area is 190 Å². The Morgan fingerprint density at radius 3 is 1.53 bits per heavy atom.